The predicted molar refractivity (Wildman–Crippen MR) is 113 cm³/mol. The summed E-state index contributed by atoms with van der Waals surface area (Å²) >= 11 is 0. The Kier molecular flexibility index (Phi) is 6.77. The second kappa shape index (κ2) is 9.48. The number of ketones is 1. The molecule has 158 valence electrons. The van der Waals surface area contributed by atoms with Gasteiger partial charge in [-0.15, -0.1) is 0 Å². The average molecular weight is 410 g/mol. The minimum atomic E-state index is -0.895. The van der Waals surface area contributed by atoms with Crippen LogP contribution >= 0.6 is 0 Å². The maximum Gasteiger partial charge on any atom is 0.317 e. The Bertz CT molecular complexity index is 940. The molecular weight excluding hydrogens is 384 g/mol. The van der Waals surface area contributed by atoms with Crippen molar-refractivity contribution in [2.75, 3.05) is 27.9 Å². The number of ether oxygens (including phenoxy) is 4. The van der Waals surface area contributed by atoms with E-state index < -0.39 is 11.9 Å². The topological polar surface area (TPSA) is 71.1 Å². The van der Waals surface area contributed by atoms with Crippen LogP contribution in [0.3, 0.4) is 0 Å². The van der Waals surface area contributed by atoms with Crippen LogP contribution in [0.25, 0.3) is 5.57 Å². The number of rotatable bonds is 7. The summed E-state index contributed by atoms with van der Waals surface area (Å²) in [6.45, 7) is 1.95. The monoisotopic (exact) mass is 410 g/mol. The quantitative estimate of drug-likeness (QED) is 0.507. The summed E-state index contributed by atoms with van der Waals surface area (Å²) in [6.07, 6.45) is 2.02. The van der Waals surface area contributed by atoms with Gasteiger partial charge in [-0.05, 0) is 60.4 Å². The van der Waals surface area contributed by atoms with Gasteiger partial charge in [0.1, 0.15) is 23.2 Å². The van der Waals surface area contributed by atoms with Crippen LogP contribution in [0.15, 0.2) is 48.5 Å². The van der Waals surface area contributed by atoms with E-state index in [4.69, 9.17) is 18.9 Å². The molecular formula is C24H26O6. The lowest BCUT2D eigenvalue weighted by Gasteiger charge is -2.30. The molecule has 1 aliphatic carbocycles. The Morgan fingerprint density at radius 3 is 2.23 bits per heavy atom. The van der Waals surface area contributed by atoms with Crippen molar-refractivity contribution in [1.29, 1.82) is 0 Å². The molecule has 0 unspecified atom stereocenters. The zero-order valence-electron chi connectivity index (χ0n) is 17.6. The summed E-state index contributed by atoms with van der Waals surface area (Å²) < 4.78 is 21.3. The molecule has 0 amide bonds. The number of methoxy groups -OCH3 is 3. The summed E-state index contributed by atoms with van der Waals surface area (Å²) in [7, 11) is 4.74. The molecule has 0 N–H and O–H groups in total. The van der Waals surface area contributed by atoms with E-state index in [1.165, 1.54) is 6.08 Å². The molecule has 2 aromatic carbocycles. The van der Waals surface area contributed by atoms with Gasteiger partial charge in [0.15, 0.2) is 5.78 Å². The molecule has 0 fully saturated rings. The summed E-state index contributed by atoms with van der Waals surface area (Å²) in [4.78, 5) is 25.7. The first-order valence-electron chi connectivity index (χ1n) is 9.79. The van der Waals surface area contributed by atoms with E-state index in [9.17, 15) is 9.59 Å². The lowest BCUT2D eigenvalue weighted by Crippen LogP contribution is -2.34. The molecule has 2 atom stereocenters. The molecule has 0 spiro atoms. The number of carbonyl (C=O) groups is 2. The highest BCUT2D eigenvalue weighted by Crippen LogP contribution is 2.42. The SMILES string of the molecule is CCOC(=O)[C@H]1C(=O)C=C(c2cc(OC)cc(OC)c2)C[C@H]1c1cccc(OC)c1. The summed E-state index contributed by atoms with van der Waals surface area (Å²) in [5, 5.41) is 0. The lowest BCUT2D eigenvalue weighted by molar-refractivity contribution is -0.151. The van der Waals surface area contributed by atoms with Gasteiger partial charge < -0.3 is 18.9 Å². The molecule has 0 bridgehead atoms. The molecule has 30 heavy (non-hydrogen) atoms. The Morgan fingerprint density at radius 1 is 0.967 bits per heavy atom. The molecule has 2 aromatic rings. The van der Waals surface area contributed by atoms with Crippen LogP contribution in [0.2, 0.25) is 0 Å². The molecule has 0 aromatic heterocycles. The third kappa shape index (κ3) is 4.48. The Balaban J connectivity index is 2.07. The number of carbonyl (C=O) groups excluding carboxylic acids is 2. The van der Waals surface area contributed by atoms with E-state index in [1.54, 1.807) is 34.3 Å². The first-order valence-corrected chi connectivity index (χ1v) is 9.79. The zero-order chi connectivity index (χ0) is 21.7. The Labute approximate surface area is 176 Å². The minimum Gasteiger partial charge on any atom is -0.497 e. The number of hydrogen-bond donors (Lipinski definition) is 0. The van der Waals surface area contributed by atoms with Gasteiger partial charge in [-0.25, -0.2) is 0 Å². The van der Waals surface area contributed by atoms with E-state index in [2.05, 4.69) is 0 Å². The third-order valence-electron chi connectivity index (χ3n) is 5.25. The molecule has 0 saturated carbocycles. The van der Waals surface area contributed by atoms with Gasteiger partial charge in [0.2, 0.25) is 0 Å². The lowest BCUT2D eigenvalue weighted by atomic mass is 9.73. The maximum absolute atomic E-state index is 13.1. The maximum atomic E-state index is 13.1. The van der Waals surface area contributed by atoms with E-state index in [0.29, 0.717) is 23.7 Å². The van der Waals surface area contributed by atoms with Gasteiger partial charge in [-0.3, -0.25) is 9.59 Å². The molecule has 1 aliphatic rings. The molecule has 6 heteroatoms. The van der Waals surface area contributed by atoms with Gasteiger partial charge in [0, 0.05) is 12.0 Å². The van der Waals surface area contributed by atoms with Crippen molar-refractivity contribution in [1.82, 2.24) is 0 Å². The second-order valence-corrected chi connectivity index (χ2v) is 6.99. The molecule has 0 radical (unpaired) electrons. The van der Waals surface area contributed by atoms with E-state index in [1.807, 2.05) is 36.4 Å². The molecule has 0 saturated heterocycles. The van der Waals surface area contributed by atoms with Crippen molar-refractivity contribution >= 4 is 17.3 Å². The fourth-order valence-electron chi connectivity index (χ4n) is 3.76. The zero-order valence-corrected chi connectivity index (χ0v) is 17.6. The molecule has 6 nitrogen and oxygen atoms in total. The smallest absolute Gasteiger partial charge is 0.317 e. The fourth-order valence-corrected chi connectivity index (χ4v) is 3.76. The van der Waals surface area contributed by atoms with Crippen molar-refractivity contribution in [3.8, 4) is 17.2 Å². The minimum absolute atomic E-state index is 0.219. The highest BCUT2D eigenvalue weighted by atomic mass is 16.5. The van der Waals surface area contributed by atoms with E-state index in [-0.39, 0.29) is 18.3 Å². The second-order valence-electron chi connectivity index (χ2n) is 6.99. The van der Waals surface area contributed by atoms with Gasteiger partial charge in [0.05, 0.1) is 27.9 Å². The van der Waals surface area contributed by atoms with Crippen molar-refractivity contribution in [3.05, 3.63) is 59.7 Å². The van der Waals surface area contributed by atoms with Crippen LogP contribution in [0.5, 0.6) is 17.2 Å². The van der Waals surface area contributed by atoms with E-state index in [0.717, 1.165) is 16.7 Å². The van der Waals surface area contributed by atoms with Gasteiger partial charge in [0.25, 0.3) is 0 Å². The number of benzene rings is 2. The first-order chi connectivity index (χ1) is 14.5. The molecule has 3 rings (SSSR count). The highest BCUT2D eigenvalue weighted by molar-refractivity contribution is 6.10. The van der Waals surface area contributed by atoms with Gasteiger partial charge in [-0.1, -0.05) is 12.1 Å². The fraction of sp³-hybridized carbons (Fsp3) is 0.333. The summed E-state index contributed by atoms with van der Waals surface area (Å²) in [5.74, 6) is -0.122. The number of allylic oxidation sites excluding steroid dienone is 2. The van der Waals surface area contributed by atoms with Crippen molar-refractivity contribution in [2.24, 2.45) is 5.92 Å². The highest BCUT2D eigenvalue weighted by Gasteiger charge is 2.40. The summed E-state index contributed by atoms with van der Waals surface area (Å²) in [6, 6.07) is 12.9. The predicted octanol–water partition coefficient (Wildman–Crippen LogP) is 4.03. The first kappa shape index (κ1) is 21.4. The van der Waals surface area contributed by atoms with Gasteiger partial charge in [-0.2, -0.15) is 0 Å². The van der Waals surface area contributed by atoms with Crippen LogP contribution < -0.4 is 14.2 Å². The summed E-state index contributed by atoms with van der Waals surface area (Å²) in [5.41, 5.74) is 2.47. The van der Waals surface area contributed by atoms with Gasteiger partial charge >= 0.3 is 5.97 Å². The molecule has 0 aliphatic heterocycles. The normalized spacial score (nSPS) is 18.4. The largest absolute Gasteiger partial charge is 0.497 e. The number of esters is 1. The number of hydrogen-bond acceptors (Lipinski definition) is 6. The third-order valence-corrected chi connectivity index (χ3v) is 5.25. The van der Waals surface area contributed by atoms with Crippen LogP contribution in [0.4, 0.5) is 0 Å². The van der Waals surface area contributed by atoms with E-state index >= 15 is 0 Å². The average Bonchev–Trinajstić information content (AvgIpc) is 2.78. The Hall–Kier alpha value is -3.28. The van der Waals surface area contributed by atoms with Crippen LogP contribution in [-0.2, 0) is 14.3 Å². The van der Waals surface area contributed by atoms with Crippen molar-refractivity contribution in [3.63, 3.8) is 0 Å². The van der Waals surface area contributed by atoms with Crippen LogP contribution in [-0.4, -0.2) is 39.7 Å². The molecule has 0 heterocycles. The van der Waals surface area contributed by atoms with Crippen LogP contribution in [0, 0.1) is 5.92 Å². The van der Waals surface area contributed by atoms with Crippen LogP contribution in [0.1, 0.15) is 30.4 Å². The standard InChI is InChI=1S/C24H26O6/c1-5-30-24(26)23-21(15-7-6-8-18(9-15)27-2)12-17(13-22(23)25)16-10-19(28-3)14-20(11-16)29-4/h6-11,13-14,21,23H,5,12H2,1-4H3/t21-,23+/m0/s1. The van der Waals surface area contributed by atoms with Crippen molar-refractivity contribution < 1.29 is 28.5 Å². The van der Waals surface area contributed by atoms with Crippen molar-refractivity contribution in [2.45, 2.75) is 19.3 Å². The Morgan fingerprint density at radius 2 is 1.63 bits per heavy atom.